The van der Waals surface area contributed by atoms with E-state index < -0.39 is 22.6 Å². The van der Waals surface area contributed by atoms with Crippen molar-refractivity contribution in [2.75, 3.05) is 0 Å². The normalized spacial score (nSPS) is 10.6. The third-order valence-corrected chi connectivity index (χ3v) is 4.19. The highest BCUT2D eigenvalue weighted by Crippen LogP contribution is 2.33. The van der Waals surface area contributed by atoms with Crippen molar-refractivity contribution in [2.24, 2.45) is 4.36 Å². The van der Waals surface area contributed by atoms with Gasteiger partial charge >= 0.3 is 10.5 Å². The molecule has 1 heterocycles. The summed E-state index contributed by atoms with van der Waals surface area (Å²) >= 11 is 0. The van der Waals surface area contributed by atoms with E-state index in [0.29, 0.717) is 11.3 Å². The highest BCUT2D eigenvalue weighted by Gasteiger charge is 2.25. The van der Waals surface area contributed by atoms with Crippen LogP contribution < -0.4 is 0 Å². The fourth-order valence-electron chi connectivity index (χ4n) is 2.60. The molecule has 0 saturated carbocycles. The van der Waals surface area contributed by atoms with Gasteiger partial charge in [0.1, 0.15) is 17.3 Å². The fraction of sp³-hybridized carbons (Fsp3) is 0.111. The van der Waals surface area contributed by atoms with Crippen molar-refractivity contribution in [3.8, 4) is 23.0 Å². The Morgan fingerprint density at radius 2 is 1.74 bits per heavy atom. The van der Waals surface area contributed by atoms with Crippen LogP contribution in [0.15, 0.2) is 52.9 Å². The Morgan fingerprint density at radius 3 is 2.26 bits per heavy atom. The maximum atomic E-state index is 13.4. The molecule has 0 fully saturated rings. The summed E-state index contributed by atoms with van der Waals surface area (Å²) in [7, 11) is -2.60. The van der Waals surface area contributed by atoms with Crippen molar-refractivity contribution in [3.05, 3.63) is 65.4 Å². The lowest BCUT2D eigenvalue weighted by atomic mass is 10.0. The van der Waals surface area contributed by atoms with Gasteiger partial charge in [0.05, 0.1) is 17.1 Å². The highest BCUT2D eigenvalue weighted by atomic mass is 32.2. The van der Waals surface area contributed by atoms with Crippen LogP contribution in [0.1, 0.15) is 23.2 Å². The average Bonchev–Trinajstić information content (AvgIpc) is 3.02. The SMILES string of the molecule is Cc1ccc(-c2c(C#N)c(C(F)F)nn2-c2ccc(N=S(=O)=O)cc2)cc1. The first kappa shape index (κ1) is 18.4. The molecule has 0 bridgehead atoms. The summed E-state index contributed by atoms with van der Waals surface area (Å²) in [5.41, 5.74) is 1.55. The van der Waals surface area contributed by atoms with Crippen LogP contribution in [0.3, 0.4) is 0 Å². The molecule has 27 heavy (non-hydrogen) atoms. The zero-order chi connectivity index (χ0) is 19.6. The average molecular weight is 386 g/mol. The number of nitriles is 1. The minimum absolute atomic E-state index is 0.186. The Labute approximate surface area is 155 Å². The zero-order valence-electron chi connectivity index (χ0n) is 14.0. The monoisotopic (exact) mass is 386 g/mol. The molecule has 0 amide bonds. The number of alkyl halides is 2. The van der Waals surface area contributed by atoms with E-state index in [1.54, 1.807) is 24.3 Å². The van der Waals surface area contributed by atoms with Gasteiger partial charge in [-0.05, 0) is 31.2 Å². The van der Waals surface area contributed by atoms with Crippen LogP contribution >= 0.6 is 0 Å². The molecule has 0 atom stereocenters. The van der Waals surface area contributed by atoms with Crippen LogP contribution in [0, 0.1) is 18.3 Å². The third kappa shape index (κ3) is 3.75. The van der Waals surface area contributed by atoms with Crippen molar-refractivity contribution in [2.45, 2.75) is 13.3 Å². The van der Waals surface area contributed by atoms with Gasteiger partial charge in [0.2, 0.25) is 0 Å². The van der Waals surface area contributed by atoms with Gasteiger partial charge in [-0.2, -0.15) is 18.8 Å². The Bertz CT molecular complexity index is 1150. The minimum atomic E-state index is -2.91. The van der Waals surface area contributed by atoms with E-state index in [2.05, 4.69) is 9.46 Å². The van der Waals surface area contributed by atoms with Crippen LogP contribution in [0.2, 0.25) is 0 Å². The van der Waals surface area contributed by atoms with Crippen LogP contribution in [-0.2, 0) is 10.5 Å². The Balaban J connectivity index is 2.24. The smallest absolute Gasteiger partial charge is 0.231 e. The summed E-state index contributed by atoms with van der Waals surface area (Å²) in [6.45, 7) is 1.89. The van der Waals surface area contributed by atoms with Crippen LogP contribution in [0.5, 0.6) is 0 Å². The molecule has 0 radical (unpaired) electrons. The Kier molecular flexibility index (Phi) is 5.09. The molecule has 9 heteroatoms. The number of benzene rings is 2. The molecule has 0 spiro atoms. The molecule has 0 aliphatic rings. The van der Waals surface area contributed by atoms with E-state index in [0.717, 1.165) is 5.56 Å². The minimum Gasteiger partial charge on any atom is -0.231 e. The quantitative estimate of drug-likeness (QED) is 0.667. The van der Waals surface area contributed by atoms with Gasteiger partial charge in [-0.15, -0.1) is 4.36 Å². The first-order chi connectivity index (χ1) is 12.9. The molecule has 0 N–H and O–H groups in total. The molecule has 1 aromatic heterocycles. The van der Waals surface area contributed by atoms with Crippen LogP contribution in [0.4, 0.5) is 14.5 Å². The molecule has 3 aromatic rings. The van der Waals surface area contributed by atoms with Crippen molar-refractivity contribution in [1.29, 1.82) is 5.26 Å². The lowest BCUT2D eigenvalue weighted by Crippen LogP contribution is -2.00. The Hall–Kier alpha value is -3.38. The molecule has 0 aliphatic carbocycles. The van der Waals surface area contributed by atoms with Crippen molar-refractivity contribution in [1.82, 2.24) is 9.78 Å². The number of hydrogen-bond donors (Lipinski definition) is 0. The molecule has 2 aromatic carbocycles. The molecule has 0 aliphatic heterocycles. The first-order valence-electron chi connectivity index (χ1n) is 7.70. The summed E-state index contributed by atoms with van der Waals surface area (Å²) in [6.07, 6.45) is -2.91. The molecule has 136 valence electrons. The number of hydrogen-bond acceptors (Lipinski definition) is 5. The highest BCUT2D eigenvalue weighted by molar-refractivity contribution is 7.61. The maximum Gasteiger partial charge on any atom is 0.316 e. The second-order valence-corrected chi connectivity index (χ2v) is 6.24. The van der Waals surface area contributed by atoms with Crippen LogP contribution in [-0.4, -0.2) is 18.2 Å². The molecule has 0 unspecified atom stereocenters. The molecular weight excluding hydrogens is 374 g/mol. The molecule has 6 nitrogen and oxygen atoms in total. The molecular formula is C18H12F2N4O2S. The third-order valence-electron chi connectivity index (χ3n) is 3.83. The maximum absolute atomic E-state index is 13.4. The fourth-order valence-corrected chi connectivity index (χ4v) is 2.90. The number of aromatic nitrogens is 2. The number of halogens is 2. The molecule has 0 saturated heterocycles. The second-order valence-electron chi connectivity index (χ2n) is 5.62. The van der Waals surface area contributed by atoms with Gasteiger partial charge in [-0.3, -0.25) is 0 Å². The van der Waals surface area contributed by atoms with Crippen LogP contribution in [0.25, 0.3) is 16.9 Å². The van der Waals surface area contributed by atoms with E-state index in [4.69, 9.17) is 0 Å². The summed E-state index contributed by atoms with van der Waals surface area (Å²) in [4.78, 5) is 0. The van der Waals surface area contributed by atoms with Gasteiger partial charge in [-0.1, -0.05) is 29.8 Å². The first-order valence-corrected chi connectivity index (χ1v) is 8.73. The van der Waals surface area contributed by atoms with Crippen molar-refractivity contribution in [3.63, 3.8) is 0 Å². The van der Waals surface area contributed by atoms with E-state index in [1.807, 2.05) is 13.0 Å². The summed E-state index contributed by atoms with van der Waals surface area (Å²) in [5, 5.41) is 13.4. The van der Waals surface area contributed by atoms with Gasteiger partial charge in [0, 0.05) is 5.56 Å². The lowest BCUT2D eigenvalue weighted by molar-refractivity contribution is 0.145. The van der Waals surface area contributed by atoms with Gasteiger partial charge in [0.15, 0.2) is 0 Å². The molecule has 3 rings (SSSR count). The van der Waals surface area contributed by atoms with Crippen molar-refractivity contribution >= 4 is 16.2 Å². The van der Waals surface area contributed by atoms with Gasteiger partial charge in [-0.25, -0.2) is 13.5 Å². The largest absolute Gasteiger partial charge is 0.316 e. The topological polar surface area (TPSA) is 88.1 Å². The number of rotatable bonds is 4. The van der Waals surface area contributed by atoms with Gasteiger partial charge < -0.3 is 0 Å². The predicted molar refractivity (Wildman–Crippen MR) is 94.4 cm³/mol. The van der Waals surface area contributed by atoms with E-state index in [1.165, 1.54) is 28.9 Å². The summed E-state index contributed by atoms with van der Waals surface area (Å²) < 4.78 is 52.7. The zero-order valence-corrected chi connectivity index (χ0v) is 14.8. The van der Waals surface area contributed by atoms with E-state index in [-0.39, 0.29) is 16.9 Å². The predicted octanol–water partition coefficient (Wildman–Crippen LogP) is 4.35. The Morgan fingerprint density at radius 1 is 1.11 bits per heavy atom. The number of aryl methyl sites for hydroxylation is 1. The standard InChI is InChI=1S/C18H12F2N4O2S/c1-11-2-4-12(5-3-11)17-15(10-21)16(18(19)20)22-24(17)14-8-6-13(7-9-14)23-27(25)26/h2-9,18H,1H3. The summed E-state index contributed by atoms with van der Waals surface area (Å²) in [5.74, 6) is 0. The second kappa shape index (κ2) is 7.47. The van der Waals surface area contributed by atoms with Crippen molar-refractivity contribution < 1.29 is 17.2 Å². The number of nitrogens with zero attached hydrogens (tertiary/aromatic N) is 4. The summed E-state index contributed by atoms with van der Waals surface area (Å²) in [6, 6.07) is 14.7. The van der Waals surface area contributed by atoms with E-state index in [9.17, 15) is 22.5 Å². The van der Waals surface area contributed by atoms with E-state index >= 15 is 0 Å². The van der Waals surface area contributed by atoms with Gasteiger partial charge in [0.25, 0.3) is 6.43 Å². The lowest BCUT2D eigenvalue weighted by Gasteiger charge is -2.08.